The third kappa shape index (κ3) is 2.92. The van der Waals surface area contributed by atoms with Crippen molar-refractivity contribution in [1.82, 2.24) is 30.1 Å². The van der Waals surface area contributed by atoms with E-state index in [0.717, 1.165) is 16.9 Å². The molecule has 0 unspecified atom stereocenters. The van der Waals surface area contributed by atoms with Gasteiger partial charge in [-0.3, -0.25) is 9.48 Å². The van der Waals surface area contributed by atoms with Crippen molar-refractivity contribution < 1.29 is 4.79 Å². The van der Waals surface area contributed by atoms with Gasteiger partial charge in [-0.05, 0) is 32.9 Å². The molecule has 7 heteroatoms. The molecule has 0 bridgehead atoms. The lowest BCUT2D eigenvalue weighted by Crippen LogP contribution is -2.28. The smallest absolute Gasteiger partial charge is 0.274 e. The summed E-state index contributed by atoms with van der Waals surface area (Å²) in [5, 5.41) is 15.8. The molecule has 0 fully saturated rings. The first kappa shape index (κ1) is 15.9. The monoisotopic (exact) mass is 324 g/mol. The summed E-state index contributed by atoms with van der Waals surface area (Å²) in [6, 6.07) is 9.35. The number of nitrogens with one attached hydrogen (secondary N) is 1. The van der Waals surface area contributed by atoms with Crippen LogP contribution in [-0.4, -0.2) is 30.7 Å². The van der Waals surface area contributed by atoms with Crippen molar-refractivity contribution in [2.45, 2.75) is 26.8 Å². The molecule has 1 amide bonds. The van der Waals surface area contributed by atoms with E-state index in [-0.39, 0.29) is 11.9 Å². The van der Waals surface area contributed by atoms with Crippen LogP contribution in [0.5, 0.6) is 0 Å². The molecule has 0 aliphatic heterocycles. The second-order valence-corrected chi connectivity index (χ2v) is 5.76. The summed E-state index contributed by atoms with van der Waals surface area (Å²) in [4.78, 5) is 14.0. The minimum absolute atomic E-state index is 0.160. The van der Waals surface area contributed by atoms with Crippen LogP contribution in [0.1, 0.15) is 40.4 Å². The SMILES string of the molecule is Cc1nn(-c2ccccc2)nc1C(=O)N[C@@H](C)c1cnn(C)c1C. The predicted molar refractivity (Wildman–Crippen MR) is 89.9 cm³/mol. The number of amides is 1. The van der Waals surface area contributed by atoms with Gasteiger partial charge in [0.05, 0.1) is 23.6 Å². The summed E-state index contributed by atoms with van der Waals surface area (Å²) < 4.78 is 1.79. The maximum Gasteiger partial charge on any atom is 0.274 e. The maximum atomic E-state index is 12.6. The Morgan fingerprint density at radius 3 is 2.50 bits per heavy atom. The summed E-state index contributed by atoms with van der Waals surface area (Å²) in [6.07, 6.45) is 1.77. The Hall–Kier alpha value is -2.96. The van der Waals surface area contributed by atoms with Gasteiger partial charge in [-0.15, -0.1) is 5.10 Å². The Bertz CT molecular complexity index is 865. The zero-order valence-electron chi connectivity index (χ0n) is 14.2. The molecule has 2 aromatic heterocycles. The van der Waals surface area contributed by atoms with Crippen LogP contribution < -0.4 is 5.32 Å². The molecule has 1 aromatic carbocycles. The summed E-state index contributed by atoms with van der Waals surface area (Å²) in [5.74, 6) is -0.245. The van der Waals surface area contributed by atoms with Crippen LogP contribution in [0.4, 0.5) is 0 Å². The van der Waals surface area contributed by atoms with Crippen molar-refractivity contribution in [3.05, 3.63) is 59.2 Å². The molecule has 0 aliphatic rings. The third-order valence-electron chi connectivity index (χ3n) is 4.07. The number of carbonyl (C=O) groups excluding carboxylic acids is 1. The zero-order valence-corrected chi connectivity index (χ0v) is 14.2. The molecule has 3 aromatic rings. The fraction of sp³-hybridized carbons (Fsp3) is 0.294. The molecule has 1 atom stereocenters. The fourth-order valence-electron chi connectivity index (χ4n) is 2.55. The van der Waals surface area contributed by atoms with Crippen LogP contribution in [-0.2, 0) is 7.05 Å². The lowest BCUT2D eigenvalue weighted by atomic mass is 10.1. The van der Waals surface area contributed by atoms with Gasteiger partial charge >= 0.3 is 0 Å². The van der Waals surface area contributed by atoms with Gasteiger partial charge in [0, 0.05) is 18.3 Å². The topological polar surface area (TPSA) is 77.6 Å². The van der Waals surface area contributed by atoms with Crippen molar-refractivity contribution in [2.24, 2.45) is 7.05 Å². The quantitative estimate of drug-likeness (QED) is 0.797. The van der Waals surface area contributed by atoms with Crippen molar-refractivity contribution >= 4 is 5.91 Å². The van der Waals surface area contributed by atoms with E-state index in [9.17, 15) is 4.79 Å². The highest BCUT2D eigenvalue weighted by molar-refractivity contribution is 5.93. The van der Waals surface area contributed by atoms with E-state index in [2.05, 4.69) is 20.6 Å². The molecule has 0 spiro atoms. The minimum atomic E-state index is -0.245. The summed E-state index contributed by atoms with van der Waals surface area (Å²) in [7, 11) is 1.88. The summed E-state index contributed by atoms with van der Waals surface area (Å²) >= 11 is 0. The largest absolute Gasteiger partial charge is 0.344 e. The molecular formula is C17H20N6O. The first-order chi connectivity index (χ1) is 11.5. The van der Waals surface area contributed by atoms with Crippen molar-refractivity contribution in [1.29, 1.82) is 0 Å². The highest BCUT2D eigenvalue weighted by Gasteiger charge is 2.20. The Labute approximate surface area is 140 Å². The second-order valence-electron chi connectivity index (χ2n) is 5.76. The molecule has 0 aliphatic carbocycles. The number of carbonyl (C=O) groups is 1. The molecule has 0 saturated heterocycles. The van der Waals surface area contributed by atoms with Gasteiger partial charge in [0.25, 0.3) is 5.91 Å². The van der Waals surface area contributed by atoms with E-state index in [4.69, 9.17) is 0 Å². The number of hydrogen-bond acceptors (Lipinski definition) is 4. The van der Waals surface area contributed by atoms with Crippen molar-refractivity contribution in [2.75, 3.05) is 0 Å². The highest BCUT2D eigenvalue weighted by Crippen LogP contribution is 2.17. The number of benzene rings is 1. The molecule has 124 valence electrons. The molecule has 0 saturated carbocycles. The second kappa shape index (κ2) is 6.27. The fourth-order valence-corrected chi connectivity index (χ4v) is 2.55. The van der Waals surface area contributed by atoms with Gasteiger partial charge in [0.1, 0.15) is 0 Å². The zero-order chi connectivity index (χ0) is 17.3. The third-order valence-corrected chi connectivity index (χ3v) is 4.07. The van der Waals surface area contributed by atoms with E-state index < -0.39 is 0 Å². The lowest BCUT2D eigenvalue weighted by molar-refractivity contribution is 0.0933. The Morgan fingerprint density at radius 2 is 1.88 bits per heavy atom. The number of para-hydroxylation sites is 1. The predicted octanol–water partition coefficient (Wildman–Crippen LogP) is 2.11. The average molecular weight is 324 g/mol. The molecular weight excluding hydrogens is 304 g/mol. The van der Waals surface area contributed by atoms with Crippen LogP contribution in [0.3, 0.4) is 0 Å². The molecule has 3 rings (SSSR count). The van der Waals surface area contributed by atoms with Crippen LogP contribution in [0.25, 0.3) is 5.69 Å². The van der Waals surface area contributed by atoms with Crippen LogP contribution >= 0.6 is 0 Å². The summed E-state index contributed by atoms with van der Waals surface area (Å²) in [5.41, 5.74) is 3.74. The van der Waals surface area contributed by atoms with Crippen molar-refractivity contribution in [3.63, 3.8) is 0 Å². The van der Waals surface area contributed by atoms with Gasteiger partial charge in [0.15, 0.2) is 5.69 Å². The first-order valence-corrected chi connectivity index (χ1v) is 7.76. The van der Waals surface area contributed by atoms with E-state index in [1.165, 1.54) is 4.80 Å². The molecule has 24 heavy (non-hydrogen) atoms. The standard InChI is InChI=1S/C17H20N6O/c1-11(15-10-18-22(4)13(15)3)19-17(24)16-12(2)20-23(21-16)14-8-6-5-7-9-14/h5-11H,1-4H3,(H,19,24)/t11-/m0/s1. The molecule has 2 heterocycles. The van der Waals surface area contributed by atoms with E-state index in [1.54, 1.807) is 17.8 Å². The van der Waals surface area contributed by atoms with Crippen LogP contribution in [0.2, 0.25) is 0 Å². The van der Waals surface area contributed by atoms with E-state index >= 15 is 0 Å². The lowest BCUT2D eigenvalue weighted by Gasteiger charge is -2.12. The van der Waals surface area contributed by atoms with Gasteiger partial charge in [-0.25, -0.2) is 0 Å². The van der Waals surface area contributed by atoms with Crippen LogP contribution in [0.15, 0.2) is 36.5 Å². The van der Waals surface area contributed by atoms with Gasteiger partial charge < -0.3 is 5.32 Å². The number of nitrogens with zero attached hydrogens (tertiary/aromatic N) is 5. The Morgan fingerprint density at radius 1 is 1.17 bits per heavy atom. The van der Waals surface area contributed by atoms with Crippen molar-refractivity contribution in [3.8, 4) is 5.69 Å². The van der Waals surface area contributed by atoms with Gasteiger partial charge in [0.2, 0.25) is 0 Å². The van der Waals surface area contributed by atoms with E-state index in [1.807, 2.05) is 51.2 Å². The molecule has 1 N–H and O–H groups in total. The Balaban J connectivity index is 1.81. The number of rotatable bonds is 4. The first-order valence-electron chi connectivity index (χ1n) is 7.76. The Kier molecular flexibility index (Phi) is 4.16. The number of aromatic nitrogens is 5. The molecule has 7 nitrogen and oxygen atoms in total. The normalized spacial score (nSPS) is 12.2. The average Bonchev–Trinajstić information content (AvgIpc) is 3.12. The maximum absolute atomic E-state index is 12.6. The van der Waals surface area contributed by atoms with Gasteiger partial charge in [-0.2, -0.15) is 15.0 Å². The highest BCUT2D eigenvalue weighted by atomic mass is 16.2. The van der Waals surface area contributed by atoms with E-state index in [0.29, 0.717) is 11.4 Å². The number of hydrogen-bond donors (Lipinski definition) is 1. The summed E-state index contributed by atoms with van der Waals surface area (Å²) in [6.45, 7) is 5.68. The van der Waals surface area contributed by atoms with Gasteiger partial charge in [-0.1, -0.05) is 18.2 Å². The minimum Gasteiger partial charge on any atom is -0.344 e. The number of aryl methyl sites for hydroxylation is 2. The molecule has 0 radical (unpaired) electrons. The van der Waals surface area contributed by atoms with Crippen LogP contribution in [0, 0.1) is 13.8 Å².